The van der Waals surface area contributed by atoms with E-state index in [2.05, 4.69) is 25.6 Å². The van der Waals surface area contributed by atoms with Crippen LogP contribution in [0.4, 0.5) is 15.9 Å². The molecule has 0 atom stereocenters. The first kappa shape index (κ1) is 15.3. The van der Waals surface area contributed by atoms with Gasteiger partial charge in [0.2, 0.25) is 0 Å². The van der Waals surface area contributed by atoms with E-state index in [0.29, 0.717) is 0 Å². The summed E-state index contributed by atoms with van der Waals surface area (Å²) in [6.07, 6.45) is 0.857. The average molecular weight is 376 g/mol. The molecule has 0 aliphatic heterocycles. The molecule has 21 heavy (non-hydrogen) atoms. The van der Waals surface area contributed by atoms with Crippen LogP contribution in [0.3, 0.4) is 0 Å². The zero-order valence-electron chi connectivity index (χ0n) is 10.2. The van der Waals surface area contributed by atoms with Gasteiger partial charge < -0.3 is 10.1 Å². The van der Waals surface area contributed by atoms with E-state index < -0.39 is 26.6 Å². The summed E-state index contributed by atoms with van der Waals surface area (Å²) < 4.78 is 39.7. The molecular weight excluding hydrogens is 369 g/mol. The van der Waals surface area contributed by atoms with Gasteiger partial charge in [-0.1, -0.05) is 0 Å². The van der Waals surface area contributed by atoms with Gasteiger partial charge in [-0.3, -0.25) is 4.72 Å². The number of nitrogens with zero attached hydrogens (tertiary/aromatic N) is 2. The van der Waals surface area contributed by atoms with E-state index in [0.717, 1.165) is 24.4 Å². The zero-order chi connectivity index (χ0) is 15.6. The van der Waals surface area contributed by atoms with Crippen molar-refractivity contribution in [2.45, 2.75) is 4.90 Å². The fourth-order valence-electron chi connectivity index (χ4n) is 1.41. The highest BCUT2D eigenvalue weighted by atomic mass is 79.9. The lowest BCUT2D eigenvalue weighted by atomic mass is 10.3. The first-order chi connectivity index (χ1) is 9.79. The Labute approximate surface area is 127 Å². The number of halogens is 2. The smallest absolute Gasteiger partial charge is 0.358 e. The van der Waals surface area contributed by atoms with Crippen LogP contribution in [-0.4, -0.2) is 18.3 Å². The number of sulfonamides is 1. The van der Waals surface area contributed by atoms with Crippen LogP contribution in [0.15, 0.2) is 45.9 Å². The zero-order valence-corrected chi connectivity index (χ0v) is 12.6. The van der Waals surface area contributed by atoms with Crippen molar-refractivity contribution >= 4 is 37.5 Å². The quantitative estimate of drug-likeness (QED) is 0.653. The standard InChI is InChI=1S/C11H7BrFN3O4S/c12-9-3-1-7(5-10(9)13)15-21(19,20)8-2-4-11(14-6-8)16(17)18/h1-6,15H. The SMILES string of the molecule is O=[N+]([O-])c1ccc(S(=O)(=O)Nc2ccc(Br)c(F)c2)cn1. The molecule has 0 bridgehead atoms. The molecule has 2 aromatic rings. The maximum absolute atomic E-state index is 13.3. The van der Waals surface area contributed by atoms with E-state index in [1.54, 1.807) is 0 Å². The molecule has 1 aromatic carbocycles. The van der Waals surface area contributed by atoms with Crippen LogP contribution in [0, 0.1) is 15.9 Å². The number of nitro groups is 1. The summed E-state index contributed by atoms with van der Waals surface area (Å²) in [4.78, 5) is 12.9. The minimum absolute atomic E-state index is 0.0223. The van der Waals surface area contributed by atoms with Crippen LogP contribution in [0.1, 0.15) is 0 Å². The van der Waals surface area contributed by atoms with Crippen molar-refractivity contribution in [3.8, 4) is 0 Å². The van der Waals surface area contributed by atoms with Gasteiger partial charge in [-0.05, 0) is 50.1 Å². The Balaban J connectivity index is 2.29. The van der Waals surface area contributed by atoms with Crippen LogP contribution < -0.4 is 4.72 Å². The van der Waals surface area contributed by atoms with Crippen LogP contribution in [0.2, 0.25) is 0 Å². The van der Waals surface area contributed by atoms with Gasteiger partial charge in [0.05, 0.1) is 10.2 Å². The highest BCUT2D eigenvalue weighted by Crippen LogP contribution is 2.22. The predicted octanol–water partition coefficient (Wildman–Crippen LogP) is 2.69. The molecule has 0 amide bonds. The molecule has 1 aromatic heterocycles. The van der Waals surface area contributed by atoms with Crippen LogP contribution in [-0.2, 0) is 10.0 Å². The van der Waals surface area contributed by atoms with Gasteiger partial charge in [-0.15, -0.1) is 0 Å². The molecule has 0 unspecified atom stereocenters. The van der Waals surface area contributed by atoms with E-state index in [4.69, 9.17) is 0 Å². The minimum Gasteiger partial charge on any atom is -0.358 e. The molecular formula is C11H7BrFN3O4S. The maximum atomic E-state index is 13.3. The molecule has 7 nitrogen and oxygen atoms in total. The van der Waals surface area contributed by atoms with Gasteiger partial charge >= 0.3 is 5.82 Å². The summed E-state index contributed by atoms with van der Waals surface area (Å²) in [5, 5.41) is 10.5. The van der Waals surface area contributed by atoms with Crippen molar-refractivity contribution in [2.24, 2.45) is 0 Å². The fourth-order valence-corrected chi connectivity index (χ4v) is 2.65. The van der Waals surface area contributed by atoms with Crippen LogP contribution in [0.5, 0.6) is 0 Å². The maximum Gasteiger partial charge on any atom is 0.363 e. The highest BCUT2D eigenvalue weighted by molar-refractivity contribution is 9.10. The van der Waals surface area contributed by atoms with Crippen molar-refractivity contribution < 1.29 is 17.7 Å². The summed E-state index contributed by atoms with van der Waals surface area (Å²) >= 11 is 2.95. The predicted molar refractivity (Wildman–Crippen MR) is 75.8 cm³/mol. The van der Waals surface area contributed by atoms with E-state index in [1.807, 2.05) is 0 Å². The van der Waals surface area contributed by atoms with Gasteiger partial charge in [0.15, 0.2) is 6.20 Å². The molecule has 1 N–H and O–H groups in total. The first-order valence-corrected chi connectivity index (χ1v) is 7.65. The third-order valence-electron chi connectivity index (χ3n) is 2.39. The lowest BCUT2D eigenvalue weighted by molar-refractivity contribution is -0.389. The molecule has 0 aliphatic rings. The summed E-state index contributed by atoms with van der Waals surface area (Å²) in [5.74, 6) is -1.10. The topological polar surface area (TPSA) is 102 Å². The molecule has 0 spiro atoms. The monoisotopic (exact) mass is 375 g/mol. The number of nitrogens with one attached hydrogen (secondary N) is 1. The van der Waals surface area contributed by atoms with Crippen molar-refractivity contribution in [3.63, 3.8) is 0 Å². The molecule has 2 rings (SSSR count). The van der Waals surface area contributed by atoms with Gasteiger partial charge in [0, 0.05) is 6.07 Å². The van der Waals surface area contributed by atoms with E-state index in [9.17, 15) is 22.9 Å². The minimum atomic E-state index is -4.00. The van der Waals surface area contributed by atoms with E-state index in [1.165, 1.54) is 12.1 Å². The van der Waals surface area contributed by atoms with E-state index in [-0.39, 0.29) is 15.1 Å². The van der Waals surface area contributed by atoms with E-state index >= 15 is 0 Å². The van der Waals surface area contributed by atoms with Gasteiger partial charge in [-0.2, -0.15) is 0 Å². The third kappa shape index (κ3) is 3.52. The van der Waals surface area contributed by atoms with Gasteiger partial charge in [0.1, 0.15) is 10.7 Å². The second-order valence-corrected chi connectivity index (χ2v) is 6.38. The Bertz CT molecular complexity index is 796. The second-order valence-electron chi connectivity index (χ2n) is 3.84. The van der Waals surface area contributed by atoms with Gasteiger partial charge in [-0.25, -0.2) is 12.8 Å². The number of hydrogen-bond donors (Lipinski definition) is 1. The second kappa shape index (κ2) is 5.74. The number of aromatic nitrogens is 1. The van der Waals surface area contributed by atoms with Gasteiger partial charge in [0.25, 0.3) is 10.0 Å². The molecule has 0 radical (unpaired) electrons. The lowest BCUT2D eigenvalue weighted by Gasteiger charge is -2.07. The Morgan fingerprint density at radius 2 is 2.00 bits per heavy atom. The Morgan fingerprint density at radius 1 is 1.29 bits per heavy atom. The van der Waals surface area contributed by atoms with Crippen molar-refractivity contribution in [1.29, 1.82) is 0 Å². The molecule has 0 aliphatic carbocycles. The van der Waals surface area contributed by atoms with Crippen molar-refractivity contribution in [3.05, 3.63) is 56.9 Å². The summed E-state index contributed by atoms with van der Waals surface area (Å²) in [7, 11) is -4.00. The molecule has 10 heteroatoms. The number of rotatable bonds is 4. The number of hydrogen-bond acceptors (Lipinski definition) is 5. The molecule has 0 saturated carbocycles. The first-order valence-electron chi connectivity index (χ1n) is 5.38. The molecule has 110 valence electrons. The molecule has 0 saturated heterocycles. The largest absolute Gasteiger partial charge is 0.363 e. The molecule has 1 heterocycles. The highest BCUT2D eigenvalue weighted by Gasteiger charge is 2.18. The number of pyridine rings is 1. The van der Waals surface area contributed by atoms with Crippen LogP contribution >= 0.6 is 15.9 Å². The fraction of sp³-hybridized carbons (Fsp3) is 0. The lowest BCUT2D eigenvalue weighted by Crippen LogP contribution is -2.13. The summed E-state index contributed by atoms with van der Waals surface area (Å²) in [5.41, 5.74) is 0.0223. The summed E-state index contributed by atoms with van der Waals surface area (Å²) in [6.45, 7) is 0. The number of benzene rings is 1. The summed E-state index contributed by atoms with van der Waals surface area (Å²) in [6, 6.07) is 5.73. The Hall–Kier alpha value is -2.07. The number of anilines is 1. The Kier molecular flexibility index (Phi) is 4.19. The Morgan fingerprint density at radius 3 is 2.52 bits per heavy atom. The normalized spacial score (nSPS) is 11.1. The average Bonchev–Trinajstić information content (AvgIpc) is 2.43. The van der Waals surface area contributed by atoms with Crippen molar-refractivity contribution in [2.75, 3.05) is 4.72 Å². The molecule has 0 fully saturated rings. The van der Waals surface area contributed by atoms with Crippen molar-refractivity contribution in [1.82, 2.24) is 4.98 Å². The van der Waals surface area contributed by atoms with Crippen LogP contribution in [0.25, 0.3) is 0 Å². The third-order valence-corrected chi connectivity index (χ3v) is 4.40.